The van der Waals surface area contributed by atoms with E-state index in [1.807, 2.05) is 0 Å². The zero-order chi connectivity index (χ0) is 11.7. The molecule has 5 nitrogen and oxygen atoms in total. The molecule has 6 heteroatoms. The molecule has 0 saturated carbocycles. The van der Waals surface area contributed by atoms with E-state index in [-0.39, 0.29) is 5.69 Å². The minimum Gasteiger partial charge on any atom is -0.504 e. The predicted octanol–water partition coefficient (Wildman–Crippen LogP) is 1.42. The maximum atomic E-state index is 13.4. The van der Waals surface area contributed by atoms with E-state index in [0.29, 0.717) is 0 Å². The van der Waals surface area contributed by atoms with Crippen LogP contribution in [0.1, 0.15) is 10.5 Å². The molecule has 0 unspecified atom stereocenters. The number of rotatable bonds is 2. The van der Waals surface area contributed by atoms with E-state index in [9.17, 15) is 14.3 Å². The summed E-state index contributed by atoms with van der Waals surface area (Å²) >= 11 is 0. The van der Waals surface area contributed by atoms with Gasteiger partial charge in [-0.3, -0.25) is 0 Å². The van der Waals surface area contributed by atoms with Crippen molar-refractivity contribution in [3.8, 4) is 11.4 Å². The zero-order valence-electron chi connectivity index (χ0n) is 7.96. The van der Waals surface area contributed by atoms with Crippen LogP contribution in [-0.4, -0.2) is 26.0 Å². The van der Waals surface area contributed by atoms with Crippen molar-refractivity contribution in [1.29, 1.82) is 0 Å². The zero-order valence-corrected chi connectivity index (χ0v) is 7.96. The van der Waals surface area contributed by atoms with E-state index in [4.69, 9.17) is 5.11 Å². The predicted molar refractivity (Wildman–Crippen MR) is 52.1 cm³/mol. The van der Waals surface area contributed by atoms with Gasteiger partial charge in [0.15, 0.2) is 11.4 Å². The molecule has 0 bridgehead atoms. The summed E-state index contributed by atoms with van der Waals surface area (Å²) < 4.78 is 14.2. The highest BCUT2D eigenvalue weighted by molar-refractivity contribution is 5.89. The normalized spacial score (nSPS) is 10.3. The fourth-order valence-electron chi connectivity index (χ4n) is 1.35. The molecule has 2 N–H and O–H groups in total. The fourth-order valence-corrected chi connectivity index (χ4v) is 1.35. The van der Waals surface area contributed by atoms with Gasteiger partial charge in [0.05, 0.1) is 6.20 Å². The van der Waals surface area contributed by atoms with Gasteiger partial charge in [0, 0.05) is 0 Å². The van der Waals surface area contributed by atoms with Crippen molar-refractivity contribution in [2.24, 2.45) is 0 Å². The standard InChI is InChI=1S/C10H7FN2O3/c11-6-3-1-2-4-7(6)13-9(10(15)16)8(14)5-12-13/h1-5,14H,(H,15,16). The molecule has 0 aliphatic carbocycles. The molecule has 16 heavy (non-hydrogen) atoms. The van der Waals surface area contributed by atoms with E-state index < -0.39 is 23.2 Å². The van der Waals surface area contributed by atoms with Crippen molar-refractivity contribution in [2.45, 2.75) is 0 Å². The van der Waals surface area contributed by atoms with Crippen LogP contribution in [0, 0.1) is 5.82 Å². The third-order valence-corrected chi connectivity index (χ3v) is 2.03. The highest BCUT2D eigenvalue weighted by atomic mass is 19.1. The van der Waals surface area contributed by atoms with Gasteiger partial charge in [-0.15, -0.1) is 0 Å². The summed E-state index contributed by atoms with van der Waals surface area (Å²) in [5, 5.41) is 21.7. The Bertz CT molecular complexity index is 551. The maximum Gasteiger partial charge on any atom is 0.358 e. The fraction of sp³-hybridized carbons (Fsp3) is 0. The molecule has 0 saturated heterocycles. The molecule has 1 aromatic heterocycles. The molecule has 0 aliphatic heterocycles. The Hall–Kier alpha value is -2.37. The first-order valence-electron chi connectivity index (χ1n) is 4.36. The van der Waals surface area contributed by atoms with E-state index in [0.717, 1.165) is 10.9 Å². The third kappa shape index (κ3) is 1.50. The monoisotopic (exact) mass is 222 g/mol. The van der Waals surface area contributed by atoms with Gasteiger partial charge in [0.2, 0.25) is 0 Å². The first-order chi connectivity index (χ1) is 7.61. The Morgan fingerprint density at radius 1 is 1.38 bits per heavy atom. The van der Waals surface area contributed by atoms with Gasteiger partial charge in [-0.05, 0) is 12.1 Å². The molecule has 0 radical (unpaired) electrons. The van der Waals surface area contributed by atoms with Crippen LogP contribution in [-0.2, 0) is 0 Å². The van der Waals surface area contributed by atoms with Gasteiger partial charge >= 0.3 is 5.97 Å². The Kier molecular flexibility index (Phi) is 2.32. The number of aromatic carboxylic acids is 1. The summed E-state index contributed by atoms with van der Waals surface area (Å²) in [5.74, 6) is -2.50. The Morgan fingerprint density at radius 3 is 2.69 bits per heavy atom. The first-order valence-corrected chi connectivity index (χ1v) is 4.36. The molecule has 0 spiro atoms. The van der Waals surface area contributed by atoms with Gasteiger partial charge < -0.3 is 10.2 Å². The van der Waals surface area contributed by atoms with Crippen molar-refractivity contribution in [3.63, 3.8) is 0 Å². The average molecular weight is 222 g/mol. The summed E-state index contributed by atoms with van der Waals surface area (Å²) in [6.07, 6.45) is 0.954. The van der Waals surface area contributed by atoms with Crippen LogP contribution in [0.5, 0.6) is 5.75 Å². The van der Waals surface area contributed by atoms with Crippen LogP contribution < -0.4 is 0 Å². The van der Waals surface area contributed by atoms with Crippen molar-refractivity contribution < 1.29 is 19.4 Å². The van der Waals surface area contributed by atoms with E-state index in [2.05, 4.69) is 5.10 Å². The van der Waals surface area contributed by atoms with Crippen LogP contribution >= 0.6 is 0 Å². The Morgan fingerprint density at radius 2 is 2.06 bits per heavy atom. The van der Waals surface area contributed by atoms with Gasteiger partial charge in [-0.25, -0.2) is 13.9 Å². The second kappa shape index (κ2) is 3.65. The number of carbonyl (C=O) groups is 1. The summed E-state index contributed by atoms with van der Waals surface area (Å²) in [6.45, 7) is 0. The van der Waals surface area contributed by atoms with Crippen molar-refractivity contribution >= 4 is 5.97 Å². The third-order valence-electron chi connectivity index (χ3n) is 2.03. The molecular formula is C10H7FN2O3. The first kappa shape index (κ1) is 10.2. The lowest BCUT2D eigenvalue weighted by Gasteiger charge is -2.04. The molecule has 2 aromatic rings. The van der Waals surface area contributed by atoms with E-state index >= 15 is 0 Å². The lowest BCUT2D eigenvalue weighted by Crippen LogP contribution is -2.09. The molecule has 0 atom stereocenters. The lowest BCUT2D eigenvalue weighted by molar-refractivity contribution is 0.0683. The molecule has 0 fully saturated rings. The van der Waals surface area contributed by atoms with Gasteiger partial charge in [-0.1, -0.05) is 12.1 Å². The maximum absolute atomic E-state index is 13.4. The molecule has 82 valence electrons. The Balaban J connectivity index is 2.66. The van der Waals surface area contributed by atoms with Gasteiger partial charge in [0.25, 0.3) is 0 Å². The average Bonchev–Trinajstić information content (AvgIpc) is 2.61. The second-order valence-corrected chi connectivity index (χ2v) is 3.05. The van der Waals surface area contributed by atoms with Crippen LogP contribution in [0.25, 0.3) is 5.69 Å². The minimum atomic E-state index is -1.38. The number of para-hydroxylation sites is 1. The number of aromatic hydroxyl groups is 1. The van der Waals surface area contributed by atoms with Crippen LogP contribution in [0.2, 0.25) is 0 Å². The molecule has 2 rings (SSSR count). The quantitative estimate of drug-likeness (QED) is 0.805. The number of aromatic nitrogens is 2. The largest absolute Gasteiger partial charge is 0.504 e. The summed E-state index contributed by atoms with van der Waals surface area (Å²) in [7, 11) is 0. The summed E-state index contributed by atoms with van der Waals surface area (Å²) in [6, 6.07) is 5.57. The van der Waals surface area contributed by atoms with Crippen LogP contribution in [0.4, 0.5) is 4.39 Å². The number of carboxylic acid groups (broad SMARTS) is 1. The highest BCUT2D eigenvalue weighted by Gasteiger charge is 2.19. The highest BCUT2D eigenvalue weighted by Crippen LogP contribution is 2.21. The molecule has 1 aromatic carbocycles. The smallest absolute Gasteiger partial charge is 0.358 e. The number of benzene rings is 1. The topological polar surface area (TPSA) is 75.3 Å². The van der Waals surface area contributed by atoms with E-state index in [1.54, 1.807) is 6.07 Å². The Labute approximate surface area is 89.4 Å². The number of carboxylic acids is 1. The van der Waals surface area contributed by atoms with Crippen LogP contribution in [0.15, 0.2) is 30.5 Å². The SMILES string of the molecule is O=C(O)c1c(O)cnn1-c1ccccc1F. The number of hydrogen-bond donors (Lipinski definition) is 2. The number of nitrogens with zero attached hydrogens (tertiary/aromatic N) is 2. The lowest BCUT2D eigenvalue weighted by atomic mass is 10.3. The van der Waals surface area contributed by atoms with Crippen molar-refractivity contribution in [1.82, 2.24) is 9.78 Å². The van der Waals surface area contributed by atoms with Gasteiger partial charge in [0.1, 0.15) is 11.5 Å². The number of hydrogen-bond acceptors (Lipinski definition) is 3. The molecular weight excluding hydrogens is 215 g/mol. The number of halogens is 1. The van der Waals surface area contributed by atoms with Crippen molar-refractivity contribution in [3.05, 3.63) is 42.0 Å². The van der Waals surface area contributed by atoms with Gasteiger partial charge in [-0.2, -0.15) is 5.10 Å². The summed E-state index contributed by atoms with van der Waals surface area (Å²) in [4.78, 5) is 10.8. The van der Waals surface area contributed by atoms with E-state index in [1.165, 1.54) is 18.2 Å². The second-order valence-electron chi connectivity index (χ2n) is 3.05. The summed E-state index contributed by atoms with van der Waals surface area (Å²) in [5.41, 5.74) is -0.495. The molecule has 0 amide bonds. The van der Waals surface area contributed by atoms with Crippen LogP contribution in [0.3, 0.4) is 0 Å². The minimum absolute atomic E-state index is 0.0276. The molecule has 1 heterocycles. The van der Waals surface area contributed by atoms with Crippen molar-refractivity contribution in [2.75, 3.05) is 0 Å². The molecule has 0 aliphatic rings.